The zero-order valence-corrected chi connectivity index (χ0v) is 11.6. The second kappa shape index (κ2) is 5.97. The van der Waals surface area contributed by atoms with Gasteiger partial charge in [0.15, 0.2) is 0 Å². The molecule has 3 atom stereocenters. The molecule has 2 rings (SSSR count). The van der Waals surface area contributed by atoms with Crippen molar-refractivity contribution in [1.82, 2.24) is 4.90 Å². The van der Waals surface area contributed by atoms with Crippen LogP contribution in [-0.4, -0.2) is 24.0 Å². The van der Waals surface area contributed by atoms with E-state index in [0.29, 0.717) is 18.5 Å². The van der Waals surface area contributed by atoms with Gasteiger partial charge in [-0.1, -0.05) is 6.92 Å². The lowest BCUT2D eigenvalue weighted by molar-refractivity contribution is 0.106. The molecule has 1 heterocycles. The van der Waals surface area contributed by atoms with E-state index in [0.717, 1.165) is 25.1 Å². The van der Waals surface area contributed by atoms with Crippen LogP contribution in [0.1, 0.15) is 38.3 Å². The zero-order chi connectivity index (χ0) is 14.0. The van der Waals surface area contributed by atoms with E-state index in [4.69, 9.17) is 5.73 Å². The molecule has 2 N–H and O–H groups in total. The zero-order valence-electron chi connectivity index (χ0n) is 11.6. The SMILES string of the molecule is CC1CCCN(CC(N)c2cc(F)ccc2F)C1C. The van der Waals surface area contributed by atoms with Gasteiger partial charge in [-0.15, -0.1) is 0 Å². The van der Waals surface area contributed by atoms with Crippen molar-refractivity contribution < 1.29 is 8.78 Å². The molecule has 19 heavy (non-hydrogen) atoms. The van der Waals surface area contributed by atoms with E-state index in [-0.39, 0.29) is 5.56 Å². The normalized spacial score (nSPS) is 26.4. The van der Waals surface area contributed by atoms with Gasteiger partial charge < -0.3 is 5.73 Å². The fourth-order valence-electron chi connectivity index (χ4n) is 2.83. The van der Waals surface area contributed by atoms with Crippen LogP contribution in [-0.2, 0) is 0 Å². The molecule has 1 aromatic rings. The second-order valence-corrected chi connectivity index (χ2v) is 5.63. The van der Waals surface area contributed by atoms with Crippen molar-refractivity contribution >= 4 is 0 Å². The smallest absolute Gasteiger partial charge is 0.128 e. The van der Waals surface area contributed by atoms with E-state index in [1.165, 1.54) is 12.5 Å². The van der Waals surface area contributed by atoms with Crippen LogP contribution in [0.4, 0.5) is 8.78 Å². The Balaban J connectivity index is 2.08. The summed E-state index contributed by atoms with van der Waals surface area (Å²) in [7, 11) is 0. The fraction of sp³-hybridized carbons (Fsp3) is 0.600. The molecule has 2 nitrogen and oxygen atoms in total. The average molecular weight is 268 g/mol. The molecule has 0 aromatic heterocycles. The molecule has 0 aliphatic carbocycles. The molecule has 1 aliphatic heterocycles. The first-order valence-corrected chi connectivity index (χ1v) is 6.93. The molecule has 0 spiro atoms. The number of piperidine rings is 1. The van der Waals surface area contributed by atoms with Gasteiger partial charge in [-0.25, -0.2) is 8.78 Å². The van der Waals surface area contributed by atoms with Gasteiger partial charge in [0.25, 0.3) is 0 Å². The number of hydrogen-bond acceptors (Lipinski definition) is 2. The first-order chi connectivity index (χ1) is 8.99. The third kappa shape index (κ3) is 3.31. The topological polar surface area (TPSA) is 29.3 Å². The fourth-order valence-corrected chi connectivity index (χ4v) is 2.83. The largest absolute Gasteiger partial charge is 0.323 e. The van der Waals surface area contributed by atoms with Gasteiger partial charge in [0.2, 0.25) is 0 Å². The third-order valence-corrected chi connectivity index (χ3v) is 4.29. The highest BCUT2D eigenvalue weighted by molar-refractivity contribution is 5.22. The molecule has 1 saturated heterocycles. The van der Waals surface area contributed by atoms with E-state index in [2.05, 4.69) is 18.7 Å². The van der Waals surface area contributed by atoms with Gasteiger partial charge in [0.05, 0.1) is 0 Å². The molecule has 1 aromatic carbocycles. The maximum Gasteiger partial charge on any atom is 0.128 e. The highest BCUT2D eigenvalue weighted by Gasteiger charge is 2.26. The Labute approximate surface area is 113 Å². The molecule has 0 bridgehead atoms. The Kier molecular flexibility index (Phi) is 4.53. The first kappa shape index (κ1) is 14.4. The third-order valence-electron chi connectivity index (χ3n) is 4.29. The van der Waals surface area contributed by atoms with Crippen LogP contribution in [0, 0.1) is 17.6 Å². The van der Waals surface area contributed by atoms with E-state index in [1.54, 1.807) is 0 Å². The monoisotopic (exact) mass is 268 g/mol. The molecule has 1 fully saturated rings. The van der Waals surface area contributed by atoms with Crippen LogP contribution in [0.2, 0.25) is 0 Å². The minimum absolute atomic E-state index is 0.269. The molecule has 0 amide bonds. The van der Waals surface area contributed by atoms with Crippen LogP contribution in [0.3, 0.4) is 0 Å². The molecule has 3 unspecified atom stereocenters. The van der Waals surface area contributed by atoms with Crippen LogP contribution in [0.5, 0.6) is 0 Å². The Hall–Kier alpha value is -1.00. The van der Waals surface area contributed by atoms with Gasteiger partial charge in [-0.05, 0) is 50.4 Å². The van der Waals surface area contributed by atoms with Crippen molar-refractivity contribution in [1.29, 1.82) is 0 Å². The Morgan fingerprint density at radius 2 is 2.11 bits per heavy atom. The highest BCUT2D eigenvalue weighted by Crippen LogP contribution is 2.25. The van der Waals surface area contributed by atoms with Gasteiger partial charge in [0.1, 0.15) is 11.6 Å². The number of nitrogens with zero attached hydrogens (tertiary/aromatic N) is 1. The second-order valence-electron chi connectivity index (χ2n) is 5.63. The van der Waals surface area contributed by atoms with Crippen LogP contribution in [0.25, 0.3) is 0 Å². The van der Waals surface area contributed by atoms with Crippen molar-refractivity contribution in [3.63, 3.8) is 0 Å². The van der Waals surface area contributed by atoms with Gasteiger partial charge >= 0.3 is 0 Å². The minimum atomic E-state index is -0.483. The summed E-state index contributed by atoms with van der Waals surface area (Å²) in [6, 6.07) is 3.43. The lowest BCUT2D eigenvalue weighted by atomic mass is 9.91. The van der Waals surface area contributed by atoms with Crippen LogP contribution >= 0.6 is 0 Å². The van der Waals surface area contributed by atoms with Crippen LogP contribution < -0.4 is 5.73 Å². The minimum Gasteiger partial charge on any atom is -0.323 e. The standard InChI is InChI=1S/C15H22F2N2/c1-10-4-3-7-19(11(10)2)9-15(18)13-8-12(16)5-6-14(13)17/h5-6,8,10-11,15H,3-4,7,9,18H2,1-2H3. The number of nitrogens with two attached hydrogens (primary N) is 1. The Morgan fingerprint density at radius 3 is 2.84 bits per heavy atom. The molecular weight excluding hydrogens is 246 g/mol. The molecule has 0 saturated carbocycles. The maximum atomic E-state index is 13.7. The summed E-state index contributed by atoms with van der Waals surface area (Å²) >= 11 is 0. The van der Waals surface area contributed by atoms with E-state index in [1.807, 2.05) is 0 Å². The van der Waals surface area contributed by atoms with Gasteiger partial charge in [-0.3, -0.25) is 4.90 Å². The Morgan fingerprint density at radius 1 is 1.37 bits per heavy atom. The first-order valence-electron chi connectivity index (χ1n) is 6.93. The van der Waals surface area contributed by atoms with E-state index >= 15 is 0 Å². The lowest BCUT2D eigenvalue weighted by Gasteiger charge is -2.39. The van der Waals surface area contributed by atoms with Crippen molar-refractivity contribution in [3.8, 4) is 0 Å². The summed E-state index contributed by atoms with van der Waals surface area (Å²) in [6.07, 6.45) is 2.37. The number of hydrogen-bond donors (Lipinski definition) is 1. The quantitative estimate of drug-likeness (QED) is 0.912. The summed E-state index contributed by atoms with van der Waals surface area (Å²) in [4.78, 5) is 2.28. The van der Waals surface area contributed by atoms with Gasteiger partial charge in [-0.2, -0.15) is 0 Å². The number of benzene rings is 1. The molecule has 1 aliphatic rings. The predicted molar refractivity (Wildman–Crippen MR) is 72.7 cm³/mol. The number of likely N-dealkylation sites (tertiary alicyclic amines) is 1. The van der Waals surface area contributed by atoms with Crippen molar-refractivity contribution in [2.45, 2.75) is 38.8 Å². The van der Waals surface area contributed by atoms with Crippen molar-refractivity contribution in [2.75, 3.05) is 13.1 Å². The summed E-state index contributed by atoms with van der Waals surface area (Å²) < 4.78 is 26.9. The summed E-state index contributed by atoms with van der Waals surface area (Å²) in [5.74, 6) is -0.239. The van der Waals surface area contributed by atoms with E-state index in [9.17, 15) is 8.78 Å². The average Bonchev–Trinajstić information content (AvgIpc) is 2.38. The highest BCUT2D eigenvalue weighted by atomic mass is 19.1. The van der Waals surface area contributed by atoms with Crippen molar-refractivity contribution in [3.05, 3.63) is 35.4 Å². The summed E-state index contributed by atoms with van der Waals surface area (Å²) in [6.45, 7) is 5.96. The summed E-state index contributed by atoms with van der Waals surface area (Å²) in [5.41, 5.74) is 6.32. The molecule has 4 heteroatoms. The lowest BCUT2D eigenvalue weighted by Crippen LogP contribution is -2.45. The van der Waals surface area contributed by atoms with Gasteiger partial charge in [0, 0.05) is 24.2 Å². The van der Waals surface area contributed by atoms with Crippen LogP contribution in [0.15, 0.2) is 18.2 Å². The summed E-state index contributed by atoms with van der Waals surface area (Å²) in [5, 5.41) is 0. The number of halogens is 2. The predicted octanol–water partition coefficient (Wildman–Crippen LogP) is 3.09. The number of rotatable bonds is 3. The van der Waals surface area contributed by atoms with Crippen molar-refractivity contribution in [2.24, 2.45) is 11.7 Å². The maximum absolute atomic E-state index is 13.7. The molecule has 106 valence electrons. The molecule has 0 radical (unpaired) electrons. The molecular formula is C15H22F2N2. The Bertz CT molecular complexity index is 436. The van der Waals surface area contributed by atoms with E-state index < -0.39 is 17.7 Å².